The fourth-order valence-corrected chi connectivity index (χ4v) is 2.84. The Morgan fingerprint density at radius 2 is 2.17 bits per heavy atom. The molecule has 1 amide bonds. The molecule has 1 aromatic heterocycles. The number of carbonyl (C=O) groups is 1. The van der Waals surface area contributed by atoms with Gasteiger partial charge in [0.15, 0.2) is 0 Å². The Labute approximate surface area is 137 Å². The van der Waals surface area contributed by atoms with Crippen molar-refractivity contribution in [3.63, 3.8) is 0 Å². The van der Waals surface area contributed by atoms with Crippen LogP contribution in [0.4, 0.5) is 5.69 Å². The van der Waals surface area contributed by atoms with E-state index in [-0.39, 0.29) is 11.9 Å². The van der Waals surface area contributed by atoms with Gasteiger partial charge in [-0.3, -0.25) is 9.89 Å². The molecule has 0 radical (unpaired) electrons. The van der Waals surface area contributed by atoms with Gasteiger partial charge in [0.1, 0.15) is 6.04 Å². The minimum atomic E-state index is -0.388. The van der Waals surface area contributed by atoms with Crippen molar-refractivity contribution in [3.05, 3.63) is 54.2 Å². The summed E-state index contributed by atoms with van der Waals surface area (Å²) in [7, 11) is 2.66. The lowest BCUT2D eigenvalue weighted by atomic mass is 10.1. The summed E-state index contributed by atoms with van der Waals surface area (Å²) in [4.78, 5) is 12.7. The molecule has 118 valence electrons. The van der Waals surface area contributed by atoms with E-state index in [0.29, 0.717) is 6.54 Å². The van der Waals surface area contributed by atoms with Gasteiger partial charge in [0.25, 0.3) is 0 Å². The van der Waals surface area contributed by atoms with E-state index in [1.54, 1.807) is 6.20 Å². The molecule has 2 unspecified atom stereocenters. The standard InChI is InChI=1S/C17H19N4OP/c1-2-18-16(11-4-3-5-14(23)9-11)17(22)20-13-6-7-15-12(8-13)10-19-21-15/h3-10,16,18H,2,23H2,1H3,(H,19,21)(H,20,22). The van der Waals surface area contributed by atoms with Gasteiger partial charge < -0.3 is 10.6 Å². The van der Waals surface area contributed by atoms with Crippen molar-refractivity contribution in [3.8, 4) is 0 Å². The summed E-state index contributed by atoms with van der Waals surface area (Å²) in [5, 5.41) is 15.1. The zero-order valence-corrected chi connectivity index (χ0v) is 14.0. The Bertz CT molecular complexity index is 830. The van der Waals surface area contributed by atoms with Crippen LogP contribution in [0.2, 0.25) is 0 Å². The van der Waals surface area contributed by atoms with E-state index < -0.39 is 0 Å². The summed E-state index contributed by atoms with van der Waals surface area (Å²) >= 11 is 0. The molecule has 1 heterocycles. The van der Waals surface area contributed by atoms with Crippen LogP contribution in [0.1, 0.15) is 18.5 Å². The number of aromatic nitrogens is 2. The van der Waals surface area contributed by atoms with Gasteiger partial charge in [0.2, 0.25) is 5.91 Å². The molecule has 0 spiro atoms. The van der Waals surface area contributed by atoms with Crippen LogP contribution in [0.5, 0.6) is 0 Å². The Hall–Kier alpha value is -2.23. The van der Waals surface area contributed by atoms with Gasteiger partial charge in [-0.05, 0) is 41.7 Å². The second kappa shape index (κ2) is 6.90. The van der Waals surface area contributed by atoms with Gasteiger partial charge in [-0.1, -0.05) is 25.1 Å². The number of hydrogen-bond donors (Lipinski definition) is 3. The molecule has 0 bridgehead atoms. The third kappa shape index (κ3) is 3.58. The fourth-order valence-electron chi connectivity index (χ4n) is 2.54. The minimum absolute atomic E-state index is 0.0784. The molecule has 0 saturated carbocycles. The normalized spacial score (nSPS) is 12.3. The summed E-state index contributed by atoms with van der Waals surface area (Å²) in [5.41, 5.74) is 2.65. The van der Waals surface area contributed by atoms with Gasteiger partial charge in [0, 0.05) is 11.1 Å². The van der Waals surface area contributed by atoms with E-state index in [2.05, 4.69) is 30.1 Å². The van der Waals surface area contributed by atoms with E-state index in [9.17, 15) is 4.79 Å². The first-order valence-electron chi connectivity index (χ1n) is 7.50. The lowest BCUT2D eigenvalue weighted by molar-refractivity contribution is -0.118. The number of hydrogen-bond acceptors (Lipinski definition) is 3. The van der Waals surface area contributed by atoms with Crippen molar-refractivity contribution >= 4 is 37.0 Å². The van der Waals surface area contributed by atoms with E-state index in [1.807, 2.05) is 49.4 Å². The number of nitrogens with one attached hydrogen (secondary N) is 3. The molecular weight excluding hydrogens is 307 g/mol. The number of benzene rings is 2. The summed E-state index contributed by atoms with van der Waals surface area (Å²) in [6, 6.07) is 13.2. The second-order valence-electron chi connectivity index (χ2n) is 5.32. The number of fused-ring (bicyclic) bond motifs is 1. The molecule has 0 saturated heterocycles. The Kier molecular flexibility index (Phi) is 4.70. The zero-order valence-electron chi connectivity index (χ0n) is 12.8. The van der Waals surface area contributed by atoms with Crippen molar-refractivity contribution in [1.29, 1.82) is 0 Å². The van der Waals surface area contributed by atoms with Crippen molar-refractivity contribution in [2.45, 2.75) is 13.0 Å². The molecule has 0 aliphatic heterocycles. The van der Waals surface area contributed by atoms with Gasteiger partial charge in [-0.15, -0.1) is 9.24 Å². The van der Waals surface area contributed by atoms with Crippen LogP contribution in [0.15, 0.2) is 48.7 Å². The number of aromatic amines is 1. The number of rotatable bonds is 5. The molecule has 3 N–H and O–H groups in total. The van der Waals surface area contributed by atoms with Crippen LogP contribution in [0.25, 0.3) is 10.9 Å². The van der Waals surface area contributed by atoms with Crippen molar-refractivity contribution < 1.29 is 4.79 Å². The summed E-state index contributed by atoms with van der Waals surface area (Å²) < 4.78 is 0. The molecule has 2 aromatic carbocycles. The van der Waals surface area contributed by atoms with E-state index in [4.69, 9.17) is 0 Å². The number of likely N-dealkylation sites (N-methyl/N-ethyl adjacent to an activating group) is 1. The molecule has 0 fully saturated rings. The Balaban J connectivity index is 1.83. The first kappa shape index (κ1) is 15.7. The van der Waals surface area contributed by atoms with Crippen LogP contribution in [0, 0.1) is 0 Å². The average molecular weight is 326 g/mol. The quantitative estimate of drug-likeness (QED) is 0.630. The summed E-state index contributed by atoms with van der Waals surface area (Å²) in [6.07, 6.45) is 1.74. The number of nitrogens with zero attached hydrogens (tertiary/aromatic N) is 1. The molecule has 2 atom stereocenters. The lowest BCUT2D eigenvalue weighted by Gasteiger charge is -2.18. The van der Waals surface area contributed by atoms with Gasteiger partial charge >= 0.3 is 0 Å². The first-order valence-corrected chi connectivity index (χ1v) is 8.08. The molecule has 0 aliphatic carbocycles. The third-order valence-electron chi connectivity index (χ3n) is 3.62. The Morgan fingerprint density at radius 3 is 2.96 bits per heavy atom. The Morgan fingerprint density at radius 1 is 1.30 bits per heavy atom. The number of carbonyl (C=O) groups excluding carboxylic acids is 1. The molecular formula is C17H19N4OP. The van der Waals surface area contributed by atoms with Crippen LogP contribution >= 0.6 is 9.24 Å². The topological polar surface area (TPSA) is 69.8 Å². The predicted octanol–water partition coefficient (Wildman–Crippen LogP) is 2.35. The van der Waals surface area contributed by atoms with Crippen LogP contribution in [-0.4, -0.2) is 22.6 Å². The number of anilines is 1. The highest BCUT2D eigenvalue weighted by molar-refractivity contribution is 7.27. The minimum Gasteiger partial charge on any atom is -0.324 e. The third-order valence-corrected chi connectivity index (χ3v) is 3.98. The van der Waals surface area contributed by atoms with Crippen LogP contribution in [-0.2, 0) is 4.79 Å². The SMILES string of the molecule is CCNC(C(=O)Nc1ccc2[nH]ncc2c1)c1cccc(P)c1. The number of amides is 1. The molecule has 3 aromatic rings. The summed E-state index contributed by atoms with van der Waals surface area (Å²) in [6.45, 7) is 2.70. The highest BCUT2D eigenvalue weighted by Crippen LogP contribution is 2.19. The van der Waals surface area contributed by atoms with E-state index in [1.165, 1.54) is 0 Å². The maximum absolute atomic E-state index is 12.7. The lowest BCUT2D eigenvalue weighted by Crippen LogP contribution is -2.33. The van der Waals surface area contributed by atoms with Gasteiger partial charge in [-0.2, -0.15) is 5.10 Å². The number of H-pyrrole nitrogens is 1. The van der Waals surface area contributed by atoms with Crippen LogP contribution in [0.3, 0.4) is 0 Å². The largest absolute Gasteiger partial charge is 0.324 e. The van der Waals surface area contributed by atoms with E-state index in [0.717, 1.165) is 27.5 Å². The molecule has 0 aliphatic rings. The van der Waals surface area contributed by atoms with Crippen LogP contribution < -0.4 is 15.9 Å². The van der Waals surface area contributed by atoms with Crippen molar-refractivity contribution in [1.82, 2.24) is 15.5 Å². The van der Waals surface area contributed by atoms with Crippen molar-refractivity contribution in [2.24, 2.45) is 0 Å². The molecule has 6 heteroatoms. The van der Waals surface area contributed by atoms with E-state index >= 15 is 0 Å². The maximum Gasteiger partial charge on any atom is 0.246 e. The molecule has 23 heavy (non-hydrogen) atoms. The molecule has 5 nitrogen and oxygen atoms in total. The highest BCUT2D eigenvalue weighted by Gasteiger charge is 2.19. The zero-order chi connectivity index (χ0) is 16.2. The molecule has 3 rings (SSSR count). The smallest absolute Gasteiger partial charge is 0.246 e. The highest BCUT2D eigenvalue weighted by atomic mass is 31.0. The summed E-state index contributed by atoms with van der Waals surface area (Å²) in [5.74, 6) is -0.0784. The first-order chi connectivity index (χ1) is 11.2. The fraction of sp³-hybridized carbons (Fsp3) is 0.176. The monoisotopic (exact) mass is 326 g/mol. The van der Waals surface area contributed by atoms with Gasteiger partial charge in [0.05, 0.1) is 11.7 Å². The van der Waals surface area contributed by atoms with Crippen molar-refractivity contribution in [2.75, 3.05) is 11.9 Å². The van der Waals surface area contributed by atoms with Gasteiger partial charge in [-0.25, -0.2) is 0 Å². The second-order valence-corrected chi connectivity index (χ2v) is 5.99. The predicted molar refractivity (Wildman–Crippen MR) is 96.9 cm³/mol. The maximum atomic E-state index is 12.7. The average Bonchev–Trinajstić information content (AvgIpc) is 3.00.